The van der Waals surface area contributed by atoms with E-state index in [4.69, 9.17) is 0 Å². The van der Waals surface area contributed by atoms with Crippen molar-refractivity contribution in [3.8, 4) is 5.69 Å². The zero-order valence-corrected chi connectivity index (χ0v) is 18.3. The standard InChI is InChI=1S/C21H22F3N7O4/c22-21(23,24)16-15(12-31(28-16)14-4-2-1-3-5-14)18(33)26-9-8-25-17(32)13-6-10-30(11-7-13)19-27-20(34)35-29-19/h1-5,12-13H,6-11H2,(H,25,32)(H,26,33)(H,27,29,34). The van der Waals surface area contributed by atoms with Crippen molar-refractivity contribution >= 4 is 17.8 Å². The second kappa shape index (κ2) is 10.0. The molecule has 0 saturated carbocycles. The minimum atomic E-state index is -4.81. The molecule has 0 atom stereocenters. The van der Waals surface area contributed by atoms with Gasteiger partial charge in [-0.05, 0) is 30.1 Å². The van der Waals surface area contributed by atoms with Gasteiger partial charge in [0.2, 0.25) is 11.9 Å². The van der Waals surface area contributed by atoms with Crippen molar-refractivity contribution in [3.05, 3.63) is 58.3 Å². The number of aromatic amines is 1. The van der Waals surface area contributed by atoms with Gasteiger partial charge in [-0.2, -0.15) is 18.3 Å². The van der Waals surface area contributed by atoms with Gasteiger partial charge in [0.1, 0.15) is 0 Å². The van der Waals surface area contributed by atoms with E-state index in [2.05, 4.69) is 30.4 Å². The number of nitrogens with one attached hydrogen (secondary N) is 3. The Labute approximate surface area is 196 Å². The van der Waals surface area contributed by atoms with Gasteiger partial charge in [0.05, 0.1) is 11.3 Å². The number of carbonyl (C=O) groups is 2. The van der Waals surface area contributed by atoms with Crippen LogP contribution in [0.15, 0.2) is 45.8 Å². The number of piperidine rings is 1. The Balaban J connectivity index is 1.27. The Morgan fingerprint density at radius 1 is 1.11 bits per heavy atom. The molecule has 186 valence electrons. The van der Waals surface area contributed by atoms with Gasteiger partial charge in [0, 0.05) is 38.3 Å². The fraction of sp³-hybridized carbons (Fsp3) is 0.381. The monoisotopic (exact) mass is 493 g/mol. The average molecular weight is 493 g/mol. The maximum atomic E-state index is 13.4. The minimum absolute atomic E-state index is 0.0512. The van der Waals surface area contributed by atoms with Crippen molar-refractivity contribution in [2.75, 3.05) is 31.1 Å². The minimum Gasteiger partial charge on any atom is -0.354 e. The van der Waals surface area contributed by atoms with Gasteiger partial charge in [-0.25, -0.2) is 9.48 Å². The Hall–Kier alpha value is -4.10. The third-order valence-electron chi connectivity index (χ3n) is 5.55. The van der Waals surface area contributed by atoms with Crippen molar-refractivity contribution in [2.24, 2.45) is 5.92 Å². The largest absolute Gasteiger partial charge is 0.440 e. The van der Waals surface area contributed by atoms with Crippen LogP contribution in [0, 0.1) is 5.92 Å². The van der Waals surface area contributed by atoms with Crippen molar-refractivity contribution in [2.45, 2.75) is 19.0 Å². The molecule has 0 bridgehead atoms. The first kappa shape index (κ1) is 24.0. The van der Waals surface area contributed by atoms with Crippen LogP contribution in [0.5, 0.6) is 0 Å². The Kier molecular flexibility index (Phi) is 6.89. The van der Waals surface area contributed by atoms with E-state index in [1.54, 1.807) is 35.2 Å². The van der Waals surface area contributed by atoms with Gasteiger partial charge in [0.15, 0.2) is 5.69 Å². The number of halogens is 3. The number of alkyl halides is 3. The Bertz CT molecular complexity index is 1230. The summed E-state index contributed by atoms with van der Waals surface area (Å²) in [5.74, 6) is -1.78. The van der Waals surface area contributed by atoms with E-state index in [1.165, 1.54) is 0 Å². The van der Waals surface area contributed by atoms with Crippen LogP contribution in [0.3, 0.4) is 0 Å². The van der Waals surface area contributed by atoms with Gasteiger partial charge >= 0.3 is 11.9 Å². The van der Waals surface area contributed by atoms with Crippen LogP contribution in [-0.4, -0.2) is 57.9 Å². The number of H-pyrrole nitrogens is 1. The summed E-state index contributed by atoms with van der Waals surface area (Å²) in [5, 5.41) is 12.2. The second-order valence-corrected chi connectivity index (χ2v) is 7.90. The van der Waals surface area contributed by atoms with Crippen molar-refractivity contribution < 1.29 is 27.3 Å². The maximum Gasteiger partial charge on any atom is 0.440 e. The van der Waals surface area contributed by atoms with Crippen LogP contribution in [0.1, 0.15) is 28.9 Å². The van der Waals surface area contributed by atoms with Crippen LogP contribution in [0.25, 0.3) is 5.69 Å². The van der Waals surface area contributed by atoms with E-state index in [0.717, 1.165) is 10.9 Å². The molecule has 3 N–H and O–H groups in total. The predicted molar refractivity (Wildman–Crippen MR) is 116 cm³/mol. The summed E-state index contributed by atoms with van der Waals surface area (Å²) in [6, 6.07) is 8.14. The number of carbonyl (C=O) groups excluding carboxylic acids is 2. The third kappa shape index (κ3) is 5.70. The molecule has 0 radical (unpaired) electrons. The number of anilines is 1. The molecule has 1 saturated heterocycles. The lowest BCUT2D eigenvalue weighted by Gasteiger charge is -2.30. The summed E-state index contributed by atoms with van der Waals surface area (Å²) in [5.41, 5.74) is -1.51. The quantitative estimate of drug-likeness (QED) is 0.422. The lowest BCUT2D eigenvalue weighted by Crippen LogP contribution is -2.43. The first-order chi connectivity index (χ1) is 16.7. The molecule has 1 aliphatic heterocycles. The topological polar surface area (TPSA) is 138 Å². The van der Waals surface area contributed by atoms with Crippen molar-refractivity contribution in [3.63, 3.8) is 0 Å². The normalized spacial score (nSPS) is 14.7. The molecular formula is C21H22F3N7O4. The number of hydrogen-bond acceptors (Lipinski definition) is 7. The highest BCUT2D eigenvalue weighted by Gasteiger charge is 2.39. The highest BCUT2D eigenvalue weighted by atomic mass is 19.4. The van der Waals surface area contributed by atoms with Crippen LogP contribution in [-0.2, 0) is 11.0 Å². The number of hydrogen-bond donors (Lipinski definition) is 3. The molecular weight excluding hydrogens is 471 g/mol. The molecule has 0 unspecified atom stereocenters. The van der Waals surface area contributed by atoms with Crippen molar-refractivity contribution in [1.82, 2.24) is 30.6 Å². The van der Waals surface area contributed by atoms with Crippen molar-refractivity contribution in [1.29, 1.82) is 0 Å². The van der Waals surface area contributed by atoms with E-state index in [9.17, 15) is 27.6 Å². The smallest absolute Gasteiger partial charge is 0.354 e. The van der Waals surface area contributed by atoms with Crippen LogP contribution >= 0.6 is 0 Å². The lowest BCUT2D eigenvalue weighted by atomic mass is 9.96. The van der Waals surface area contributed by atoms with Gasteiger partial charge in [0.25, 0.3) is 5.91 Å². The highest BCUT2D eigenvalue weighted by Crippen LogP contribution is 2.31. The molecule has 4 rings (SSSR count). The molecule has 1 aliphatic rings. The first-order valence-electron chi connectivity index (χ1n) is 10.8. The summed E-state index contributed by atoms with van der Waals surface area (Å²) < 4.78 is 45.8. The van der Waals surface area contributed by atoms with Crippen LogP contribution in [0.2, 0.25) is 0 Å². The van der Waals surface area contributed by atoms with E-state index in [0.29, 0.717) is 37.6 Å². The number of nitrogens with zero attached hydrogens (tertiary/aromatic N) is 4. The number of benzene rings is 1. The van der Waals surface area contributed by atoms with E-state index in [-0.39, 0.29) is 24.9 Å². The van der Waals surface area contributed by atoms with Gasteiger partial charge in [-0.3, -0.25) is 19.1 Å². The summed E-state index contributed by atoms with van der Waals surface area (Å²) >= 11 is 0. The van der Waals surface area contributed by atoms with Gasteiger partial charge < -0.3 is 15.5 Å². The van der Waals surface area contributed by atoms with Gasteiger partial charge in [-0.15, -0.1) is 0 Å². The fourth-order valence-corrected chi connectivity index (χ4v) is 3.78. The molecule has 2 amide bonds. The molecule has 0 aliphatic carbocycles. The molecule has 35 heavy (non-hydrogen) atoms. The molecule has 11 nitrogen and oxygen atoms in total. The highest BCUT2D eigenvalue weighted by molar-refractivity contribution is 5.95. The average Bonchev–Trinajstić information content (AvgIpc) is 3.49. The maximum absolute atomic E-state index is 13.4. The molecule has 1 fully saturated rings. The summed E-state index contributed by atoms with van der Waals surface area (Å²) in [6.45, 7) is 0.971. The molecule has 1 aromatic carbocycles. The molecule has 3 heterocycles. The number of para-hydroxylation sites is 1. The zero-order valence-electron chi connectivity index (χ0n) is 18.3. The fourth-order valence-electron chi connectivity index (χ4n) is 3.78. The molecule has 0 spiro atoms. The summed E-state index contributed by atoms with van der Waals surface area (Å²) in [6.07, 6.45) is -2.75. The number of amides is 2. The van der Waals surface area contributed by atoms with E-state index in [1.807, 2.05) is 0 Å². The Morgan fingerprint density at radius 2 is 1.80 bits per heavy atom. The van der Waals surface area contributed by atoms with E-state index < -0.39 is 29.1 Å². The molecule has 14 heteroatoms. The zero-order chi connectivity index (χ0) is 25.0. The third-order valence-corrected chi connectivity index (χ3v) is 5.55. The number of rotatable bonds is 7. The first-order valence-corrected chi connectivity index (χ1v) is 10.8. The van der Waals surface area contributed by atoms with Crippen LogP contribution in [0.4, 0.5) is 19.1 Å². The van der Waals surface area contributed by atoms with Crippen LogP contribution < -0.4 is 21.3 Å². The van der Waals surface area contributed by atoms with Gasteiger partial charge in [-0.1, -0.05) is 18.2 Å². The second-order valence-electron chi connectivity index (χ2n) is 7.90. The Morgan fingerprint density at radius 3 is 2.43 bits per heavy atom. The SMILES string of the molecule is O=C(NCCNC(=O)C1CCN(c2noc(=O)[nH]2)CC1)c1cn(-c2ccccc2)nc1C(F)(F)F. The lowest BCUT2D eigenvalue weighted by molar-refractivity contribution is -0.141. The molecule has 3 aromatic rings. The summed E-state index contributed by atoms with van der Waals surface area (Å²) in [7, 11) is 0. The van der Waals surface area contributed by atoms with E-state index >= 15 is 0 Å². The summed E-state index contributed by atoms with van der Waals surface area (Å²) in [4.78, 5) is 40.2. The molecule has 2 aromatic heterocycles. The number of aromatic nitrogens is 4. The predicted octanol–water partition coefficient (Wildman–Crippen LogP) is 1.33.